The van der Waals surface area contributed by atoms with Crippen molar-refractivity contribution >= 4 is 24.1 Å². The zero-order valence-electron chi connectivity index (χ0n) is 21.7. The van der Waals surface area contributed by atoms with Crippen molar-refractivity contribution in [2.45, 2.75) is 96.3 Å². The van der Waals surface area contributed by atoms with Crippen LogP contribution in [0, 0.1) is 29.6 Å². The first-order valence-electron chi connectivity index (χ1n) is 14.0. The molecule has 0 radical (unpaired) electrons. The quantitative estimate of drug-likeness (QED) is 0.589. The van der Waals surface area contributed by atoms with Gasteiger partial charge in [-0.3, -0.25) is 14.3 Å². The maximum absolute atomic E-state index is 13.5. The van der Waals surface area contributed by atoms with Crippen molar-refractivity contribution < 1.29 is 14.4 Å². The summed E-state index contributed by atoms with van der Waals surface area (Å²) in [6.45, 7) is 7.26. The number of para-hydroxylation sites is 2. The molecule has 4 fully saturated rings. The van der Waals surface area contributed by atoms with Crippen molar-refractivity contribution in [1.29, 1.82) is 0 Å². The molecule has 1 aromatic heterocycles. The lowest BCUT2D eigenvalue weighted by molar-refractivity contribution is -0.0795. The van der Waals surface area contributed by atoms with Gasteiger partial charge in [0, 0.05) is 24.2 Å². The van der Waals surface area contributed by atoms with Gasteiger partial charge in [0.1, 0.15) is 0 Å². The van der Waals surface area contributed by atoms with Crippen molar-refractivity contribution in [2.24, 2.45) is 29.6 Å². The highest BCUT2D eigenvalue weighted by molar-refractivity contribution is 7.59. The Hall–Kier alpha value is -1.53. The second kappa shape index (κ2) is 9.04. The van der Waals surface area contributed by atoms with Crippen LogP contribution in [0.5, 0.6) is 0 Å². The minimum absolute atomic E-state index is 0.0771. The van der Waals surface area contributed by atoms with Crippen LogP contribution >= 0.6 is 7.60 Å². The van der Waals surface area contributed by atoms with Gasteiger partial charge in [-0.2, -0.15) is 0 Å². The number of hydrogen-bond donors (Lipinski definition) is 2. The molecule has 8 heteroatoms. The van der Waals surface area contributed by atoms with Crippen LogP contribution < -0.4 is 11.0 Å². The SMILES string of the molecule is C[C@H]1[C@H]2C[C@H](C[C@H](N3[C@H]4CC[C@@H](C)[C@@H]3C[C@H](n3c(=O)c(P(=O)(O)O)nc5ccccc53)C4)C2)C[C@H]1C. The molecule has 3 heterocycles. The lowest BCUT2D eigenvalue weighted by Crippen LogP contribution is -2.61. The van der Waals surface area contributed by atoms with E-state index in [4.69, 9.17) is 0 Å². The van der Waals surface area contributed by atoms with E-state index in [-0.39, 0.29) is 6.04 Å². The molecule has 2 aromatic rings. The molecule has 36 heavy (non-hydrogen) atoms. The maximum Gasteiger partial charge on any atom is 0.380 e. The van der Waals surface area contributed by atoms with Gasteiger partial charge in [-0.25, -0.2) is 4.98 Å². The monoisotopic (exact) mass is 513 g/mol. The Bertz CT molecular complexity index is 1260. The fourth-order valence-corrected chi connectivity index (χ4v) is 9.23. The highest BCUT2D eigenvalue weighted by Gasteiger charge is 2.49. The van der Waals surface area contributed by atoms with Gasteiger partial charge in [0.05, 0.1) is 11.0 Å². The van der Waals surface area contributed by atoms with E-state index >= 15 is 0 Å². The zero-order valence-corrected chi connectivity index (χ0v) is 22.6. The minimum Gasteiger partial charge on any atom is -0.320 e. The highest BCUT2D eigenvalue weighted by atomic mass is 31.2. The molecule has 0 amide bonds. The van der Waals surface area contributed by atoms with Gasteiger partial charge in [-0.15, -0.1) is 0 Å². The Balaban J connectivity index is 1.36. The highest BCUT2D eigenvalue weighted by Crippen LogP contribution is 2.51. The van der Waals surface area contributed by atoms with Gasteiger partial charge in [0.25, 0.3) is 5.56 Å². The van der Waals surface area contributed by atoms with Crippen molar-refractivity contribution in [3.05, 3.63) is 34.6 Å². The zero-order chi connectivity index (χ0) is 25.4. The van der Waals surface area contributed by atoms with Crippen molar-refractivity contribution in [2.75, 3.05) is 0 Å². The third-order valence-electron chi connectivity index (χ3n) is 10.5. The Morgan fingerprint density at radius 2 is 1.67 bits per heavy atom. The van der Waals surface area contributed by atoms with Crippen LogP contribution in [-0.4, -0.2) is 42.4 Å². The van der Waals surface area contributed by atoms with Crippen molar-refractivity contribution in [3.63, 3.8) is 0 Å². The molecule has 4 bridgehead atoms. The molecule has 2 aliphatic carbocycles. The molecule has 2 saturated heterocycles. The molecule has 1 aromatic carbocycles. The Kier molecular flexibility index (Phi) is 6.23. The molecule has 2 N–H and O–H groups in total. The van der Waals surface area contributed by atoms with Crippen molar-refractivity contribution in [3.8, 4) is 0 Å². The maximum atomic E-state index is 13.5. The van der Waals surface area contributed by atoms with Crippen LogP contribution in [-0.2, 0) is 4.57 Å². The number of fused-ring (bicyclic) bond motifs is 5. The lowest BCUT2D eigenvalue weighted by Gasteiger charge is -2.58. The molecular weight excluding hydrogens is 473 g/mol. The molecule has 6 rings (SSSR count). The third kappa shape index (κ3) is 4.11. The van der Waals surface area contributed by atoms with Crippen LogP contribution in [0.3, 0.4) is 0 Å². The second-order valence-corrected chi connectivity index (χ2v) is 14.1. The molecule has 2 saturated carbocycles. The van der Waals surface area contributed by atoms with E-state index in [1.54, 1.807) is 16.7 Å². The van der Waals surface area contributed by atoms with Crippen LogP contribution in [0.1, 0.15) is 78.2 Å². The second-order valence-electron chi connectivity index (χ2n) is 12.6. The van der Waals surface area contributed by atoms with E-state index in [0.717, 1.165) is 42.9 Å². The number of aromatic nitrogens is 2. The van der Waals surface area contributed by atoms with Crippen molar-refractivity contribution in [1.82, 2.24) is 14.5 Å². The standard InChI is InChI=1S/C28H40N3O4P/c1-16-8-9-21-14-23(31-25-7-5-4-6-24(25)29-27(28(31)32)36(33,34)35)15-26(16)30(21)22-12-19-10-17(2)18(3)20(11-19)13-22/h4-7,16-23,26H,8-15H2,1-3H3,(H2,33,34,35)/t16-,17-,18-,19-,20+,21+,22+,23-,26+/m1/s1. The number of rotatable bonds is 3. The summed E-state index contributed by atoms with van der Waals surface area (Å²) in [6, 6.07) is 8.64. The topological polar surface area (TPSA) is 95.7 Å². The van der Waals surface area contributed by atoms with E-state index in [2.05, 4.69) is 30.7 Å². The van der Waals surface area contributed by atoms with E-state index in [9.17, 15) is 19.1 Å². The average molecular weight is 514 g/mol. The predicted molar refractivity (Wildman–Crippen MR) is 141 cm³/mol. The molecular formula is C28H40N3O4P. The first-order valence-corrected chi connectivity index (χ1v) is 15.6. The van der Waals surface area contributed by atoms with Crippen LogP contribution in [0.15, 0.2) is 29.1 Å². The Labute approximate surface area is 213 Å². The minimum atomic E-state index is -4.78. The van der Waals surface area contributed by atoms with Gasteiger partial charge in [0.2, 0.25) is 5.44 Å². The summed E-state index contributed by atoms with van der Waals surface area (Å²) in [5.74, 6) is 3.84. The Morgan fingerprint density at radius 3 is 2.44 bits per heavy atom. The molecule has 2 aliphatic heterocycles. The first kappa shape index (κ1) is 24.8. The summed E-state index contributed by atoms with van der Waals surface area (Å²) in [5, 5.41) is 0. The fourth-order valence-electron chi connectivity index (χ4n) is 8.64. The smallest absolute Gasteiger partial charge is 0.320 e. The normalized spacial score (nSPS) is 39.3. The summed E-state index contributed by atoms with van der Waals surface area (Å²) >= 11 is 0. The van der Waals surface area contributed by atoms with Gasteiger partial charge >= 0.3 is 7.60 Å². The summed E-state index contributed by atoms with van der Waals surface area (Å²) in [5.41, 5.74) is -0.0931. The average Bonchev–Trinajstić information content (AvgIpc) is 2.83. The van der Waals surface area contributed by atoms with E-state index in [1.165, 1.54) is 32.1 Å². The van der Waals surface area contributed by atoms with Gasteiger partial charge < -0.3 is 14.4 Å². The summed E-state index contributed by atoms with van der Waals surface area (Å²) in [6.07, 6.45) is 9.41. The van der Waals surface area contributed by atoms with E-state index < -0.39 is 18.6 Å². The van der Waals surface area contributed by atoms with Gasteiger partial charge in [-0.1, -0.05) is 32.9 Å². The molecule has 0 unspecified atom stereocenters. The number of hydrogen-bond acceptors (Lipinski definition) is 4. The summed E-state index contributed by atoms with van der Waals surface area (Å²) in [4.78, 5) is 40.3. The predicted octanol–water partition coefficient (Wildman–Crippen LogP) is 4.46. The van der Waals surface area contributed by atoms with Gasteiger partial charge in [-0.05, 0) is 93.1 Å². The van der Waals surface area contributed by atoms with Crippen LogP contribution in [0.2, 0.25) is 0 Å². The molecule has 0 spiro atoms. The summed E-state index contributed by atoms with van der Waals surface area (Å²) in [7, 11) is -4.78. The third-order valence-corrected chi connectivity index (χ3v) is 11.3. The van der Waals surface area contributed by atoms with Crippen LogP contribution in [0.25, 0.3) is 11.0 Å². The first-order chi connectivity index (χ1) is 17.1. The molecule has 4 aliphatic rings. The Morgan fingerprint density at radius 1 is 0.889 bits per heavy atom. The number of piperidine rings is 2. The van der Waals surface area contributed by atoms with Gasteiger partial charge in [0.15, 0.2) is 0 Å². The summed E-state index contributed by atoms with van der Waals surface area (Å²) < 4.78 is 13.9. The lowest BCUT2D eigenvalue weighted by atomic mass is 9.61. The van der Waals surface area contributed by atoms with E-state index in [0.29, 0.717) is 35.1 Å². The molecule has 9 atom stereocenters. The van der Waals surface area contributed by atoms with E-state index in [1.807, 2.05) is 12.1 Å². The number of nitrogens with zero attached hydrogens (tertiary/aromatic N) is 3. The number of benzene rings is 1. The molecule has 7 nitrogen and oxygen atoms in total. The van der Waals surface area contributed by atoms with Crippen LogP contribution in [0.4, 0.5) is 0 Å². The molecule has 196 valence electrons. The fraction of sp³-hybridized carbons (Fsp3) is 0.714. The largest absolute Gasteiger partial charge is 0.380 e.